The number of aromatic nitrogens is 2. The van der Waals surface area contributed by atoms with Crippen molar-refractivity contribution in [2.75, 3.05) is 44.9 Å². The van der Waals surface area contributed by atoms with Gasteiger partial charge < -0.3 is 14.4 Å². The molecule has 1 aromatic rings. The molecule has 7 nitrogen and oxygen atoms in total. The van der Waals surface area contributed by atoms with Crippen LogP contribution in [0, 0.1) is 5.92 Å². The predicted molar refractivity (Wildman–Crippen MR) is 83.4 cm³/mol. The summed E-state index contributed by atoms with van der Waals surface area (Å²) in [5, 5.41) is 0. The zero-order chi connectivity index (χ0) is 15.8. The largest absolute Gasteiger partial charge is 0.464 e. The highest BCUT2D eigenvalue weighted by molar-refractivity contribution is 5.86. The fourth-order valence-corrected chi connectivity index (χ4v) is 3.67. The summed E-state index contributed by atoms with van der Waals surface area (Å²) >= 11 is 0. The summed E-state index contributed by atoms with van der Waals surface area (Å²) in [5.41, 5.74) is 0.240. The third-order valence-electron chi connectivity index (χ3n) is 5.08. The molecule has 0 radical (unpaired) electrons. The standard InChI is InChI=1S/C16H22N4O3/c1-22-16(21)13-6-18-15(7-17-13)19-4-5-20-12(8-19)9-23-10-14(20)11-2-3-11/h6-7,11-12,14H,2-5,8-10H2,1H3/t12-,14-/m1/s1. The molecule has 124 valence electrons. The Hall–Kier alpha value is -1.73. The van der Waals surface area contributed by atoms with E-state index in [0.717, 1.165) is 44.6 Å². The average molecular weight is 318 g/mol. The van der Waals surface area contributed by atoms with Gasteiger partial charge in [0.1, 0.15) is 5.82 Å². The van der Waals surface area contributed by atoms with Gasteiger partial charge in [-0.25, -0.2) is 14.8 Å². The molecule has 3 fully saturated rings. The average Bonchev–Trinajstić information content (AvgIpc) is 3.45. The van der Waals surface area contributed by atoms with E-state index in [0.29, 0.717) is 12.1 Å². The van der Waals surface area contributed by atoms with Crippen LogP contribution in [0.3, 0.4) is 0 Å². The first-order valence-corrected chi connectivity index (χ1v) is 8.25. The summed E-state index contributed by atoms with van der Waals surface area (Å²) in [4.78, 5) is 24.8. The summed E-state index contributed by atoms with van der Waals surface area (Å²) in [5.74, 6) is 1.19. The van der Waals surface area contributed by atoms with E-state index in [1.807, 2.05) is 0 Å². The van der Waals surface area contributed by atoms with E-state index in [2.05, 4.69) is 24.5 Å². The first-order valence-electron chi connectivity index (χ1n) is 8.25. The highest BCUT2D eigenvalue weighted by Gasteiger charge is 2.43. The molecule has 0 aromatic carbocycles. The molecular weight excluding hydrogens is 296 g/mol. The minimum atomic E-state index is -0.457. The molecule has 3 heterocycles. The van der Waals surface area contributed by atoms with E-state index in [1.165, 1.54) is 26.1 Å². The highest BCUT2D eigenvalue weighted by atomic mass is 16.5. The third-order valence-corrected chi connectivity index (χ3v) is 5.08. The van der Waals surface area contributed by atoms with Crippen LogP contribution >= 0.6 is 0 Å². The van der Waals surface area contributed by atoms with E-state index in [9.17, 15) is 4.79 Å². The van der Waals surface area contributed by atoms with Crippen molar-refractivity contribution >= 4 is 11.8 Å². The third kappa shape index (κ3) is 2.90. The molecule has 4 rings (SSSR count). The minimum Gasteiger partial charge on any atom is -0.464 e. The number of piperazine rings is 1. The summed E-state index contributed by atoms with van der Waals surface area (Å²) in [6.45, 7) is 4.54. The Labute approximate surface area is 135 Å². The van der Waals surface area contributed by atoms with Crippen molar-refractivity contribution in [1.29, 1.82) is 0 Å². The Balaban J connectivity index is 1.44. The maximum absolute atomic E-state index is 11.4. The van der Waals surface area contributed by atoms with Gasteiger partial charge in [-0.1, -0.05) is 0 Å². The van der Waals surface area contributed by atoms with E-state index in [1.54, 1.807) is 6.20 Å². The van der Waals surface area contributed by atoms with Gasteiger partial charge in [0.15, 0.2) is 5.69 Å². The van der Waals surface area contributed by atoms with Crippen LogP contribution in [0.2, 0.25) is 0 Å². The lowest BCUT2D eigenvalue weighted by Gasteiger charge is -2.48. The van der Waals surface area contributed by atoms with Crippen molar-refractivity contribution in [3.05, 3.63) is 18.1 Å². The Morgan fingerprint density at radius 3 is 2.83 bits per heavy atom. The number of carbonyl (C=O) groups excluding carboxylic acids is 1. The van der Waals surface area contributed by atoms with E-state index in [4.69, 9.17) is 4.74 Å². The minimum absolute atomic E-state index is 0.240. The van der Waals surface area contributed by atoms with E-state index >= 15 is 0 Å². The molecule has 0 N–H and O–H groups in total. The molecule has 3 aliphatic rings. The number of ether oxygens (including phenoxy) is 2. The number of morpholine rings is 1. The van der Waals surface area contributed by atoms with Crippen LogP contribution in [0.4, 0.5) is 5.82 Å². The Bertz CT molecular complexity index is 575. The molecule has 0 unspecified atom stereocenters. The van der Waals surface area contributed by atoms with Crippen LogP contribution in [0.15, 0.2) is 12.4 Å². The number of rotatable bonds is 3. The van der Waals surface area contributed by atoms with Gasteiger partial charge in [0.2, 0.25) is 0 Å². The van der Waals surface area contributed by atoms with Crippen LogP contribution in [-0.2, 0) is 9.47 Å². The normalized spacial score (nSPS) is 28.3. The molecule has 0 bridgehead atoms. The zero-order valence-electron chi connectivity index (χ0n) is 13.4. The molecule has 7 heteroatoms. The van der Waals surface area contributed by atoms with E-state index in [-0.39, 0.29) is 5.69 Å². The molecule has 2 saturated heterocycles. The molecule has 2 atom stereocenters. The molecular formula is C16H22N4O3. The van der Waals surface area contributed by atoms with Gasteiger partial charge in [0.05, 0.1) is 38.8 Å². The van der Waals surface area contributed by atoms with Gasteiger partial charge in [0, 0.05) is 25.7 Å². The molecule has 0 amide bonds. The number of hydrogen-bond donors (Lipinski definition) is 0. The van der Waals surface area contributed by atoms with Gasteiger partial charge in [-0.05, 0) is 18.8 Å². The lowest BCUT2D eigenvalue weighted by atomic mass is 10.0. The first kappa shape index (κ1) is 14.8. The van der Waals surface area contributed by atoms with Gasteiger partial charge in [-0.3, -0.25) is 4.90 Å². The van der Waals surface area contributed by atoms with Crippen molar-refractivity contribution in [3.8, 4) is 0 Å². The molecule has 1 aliphatic carbocycles. The number of hydrogen-bond acceptors (Lipinski definition) is 7. The second-order valence-corrected chi connectivity index (χ2v) is 6.53. The molecule has 1 saturated carbocycles. The lowest BCUT2D eigenvalue weighted by Crippen LogP contribution is -2.62. The summed E-state index contributed by atoms with van der Waals surface area (Å²) < 4.78 is 10.5. The number of fused-ring (bicyclic) bond motifs is 1. The van der Waals surface area contributed by atoms with Crippen LogP contribution in [0.1, 0.15) is 23.3 Å². The van der Waals surface area contributed by atoms with Crippen molar-refractivity contribution in [2.24, 2.45) is 5.92 Å². The Morgan fingerprint density at radius 1 is 1.26 bits per heavy atom. The van der Waals surface area contributed by atoms with Crippen LogP contribution in [0.25, 0.3) is 0 Å². The summed E-state index contributed by atoms with van der Waals surface area (Å²) in [6.07, 6.45) is 5.84. The van der Waals surface area contributed by atoms with Crippen molar-refractivity contribution in [3.63, 3.8) is 0 Å². The van der Waals surface area contributed by atoms with Crippen molar-refractivity contribution < 1.29 is 14.3 Å². The number of carbonyl (C=O) groups is 1. The fourth-order valence-electron chi connectivity index (χ4n) is 3.67. The molecule has 2 aliphatic heterocycles. The predicted octanol–water partition coefficient (Wildman–Crippen LogP) is 0.563. The molecule has 1 aromatic heterocycles. The summed E-state index contributed by atoms with van der Waals surface area (Å²) in [7, 11) is 1.34. The van der Waals surface area contributed by atoms with Crippen LogP contribution in [0.5, 0.6) is 0 Å². The van der Waals surface area contributed by atoms with Gasteiger partial charge in [-0.2, -0.15) is 0 Å². The second-order valence-electron chi connectivity index (χ2n) is 6.53. The maximum Gasteiger partial charge on any atom is 0.358 e. The number of nitrogens with zero attached hydrogens (tertiary/aromatic N) is 4. The maximum atomic E-state index is 11.4. The van der Waals surface area contributed by atoms with Gasteiger partial charge >= 0.3 is 5.97 Å². The van der Waals surface area contributed by atoms with Crippen molar-refractivity contribution in [2.45, 2.75) is 24.9 Å². The Morgan fingerprint density at radius 2 is 2.13 bits per heavy atom. The number of anilines is 1. The quantitative estimate of drug-likeness (QED) is 0.754. The molecule has 23 heavy (non-hydrogen) atoms. The monoisotopic (exact) mass is 318 g/mol. The van der Waals surface area contributed by atoms with Crippen LogP contribution in [-0.4, -0.2) is 72.9 Å². The lowest BCUT2D eigenvalue weighted by molar-refractivity contribution is -0.0603. The highest BCUT2D eigenvalue weighted by Crippen LogP contribution is 2.38. The summed E-state index contributed by atoms with van der Waals surface area (Å²) in [6, 6.07) is 1.02. The van der Waals surface area contributed by atoms with Gasteiger partial charge in [-0.15, -0.1) is 0 Å². The van der Waals surface area contributed by atoms with Crippen LogP contribution < -0.4 is 4.90 Å². The second kappa shape index (κ2) is 6.05. The zero-order valence-corrected chi connectivity index (χ0v) is 13.4. The smallest absolute Gasteiger partial charge is 0.358 e. The first-order chi connectivity index (χ1) is 11.3. The van der Waals surface area contributed by atoms with Crippen molar-refractivity contribution in [1.82, 2.24) is 14.9 Å². The number of methoxy groups -OCH3 is 1. The number of esters is 1. The van der Waals surface area contributed by atoms with E-state index < -0.39 is 5.97 Å². The SMILES string of the molecule is COC(=O)c1cnc(N2CCN3[C@@H](COC[C@@H]3C3CC3)C2)cn1. The Kier molecular flexibility index (Phi) is 3.90. The molecule has 0 spiro atoms. The fraction of sp³-hybridized carbons (Fsp3) is 0.688. The topological polar surface area (TPSA) is 67.8 Å². The van der Waals surface area contributed by atoms with Gasteiger partial charge in [0.25, 0.3) is 0 Å².